The largest absolute Gasteiger partial charge is 0.329 e. The normalized spacial score (nSPS) is 16.8. The SMILES string of the molecule is NCC(N)c1ccc(-c2nc(C3CC3)cs2)cc1. The minimum atomic E-state index is -0.0719. The van der Waals surface area contributed by atoms with E-state index < -0.39 is 0 Å². The average molecular weight is 259 g/mol. The molecule has 4 heteroatoms. The van der Waals surface area contributed by atoms with E-state index in [1.807, 2.05) is 12.1 Å². The number of aromatic nitrogens is 1. The molecule has 0 radical (unpaired) electrons. The fourth-order valence-corrected chi connectivity index (χ4v) is 2.90. The Labute approximate surface area is 111 Å². The van der Waals surface area contributed by atoms with Gasteiger partial charge in [0.25, 0.3) is 0 Å². The van der Waals surface area contributed by atoms with Crippen molar-refractivity contribution in [2.45, 2.75) is 24.8 Å². The molecule has 0 amide bonds. The summed E-state index contributed by atoms with van der Waals surface area (Å²) in [5, 5.41) is 3.29. The smallest absolute Gasteiger partial charge is 0.123 e. The summed E-state index contributed by atoms with van der Waals surface area (Å²) in [5.74, 6) is 0.722. The van der Waals surface area contributed by atoms with Crippen molar-refractivity contribution in [3.63, 3.8) is 0 Å². The molecule has 2 aromatic rings. The Morgan fingerprint density at radius 2 is 2.00 bits per heavy atom. The Morgan fingerprint density at radius 3 is 2.61 bits per heavy atom. The van der Waals surface area contributed by atoms with Crippen LogP contribution in [0.2, 0.25) is 0 Å². The number of nitrogens with two attached hydrogens (primary N) is 2. The first-order valence-electron chi connectivity index (χ1n) is 6.29. The number of thiazole rings is 1. The predicted molar refractivity (Wildman–Crippen MR) is 75.5 cm³/mol. The zero-order valence-electron chi connectivity index (χ0n) is 10.2. The van der Waals surface area contributed by atoms with E-state index >= 15 is 0 Å². The highest BCUT2D eigenvalue weighted by atomic mass is 32.1. The molecule has 0 aliphatic heterocycles. The van der Waals surface area contributed by atoms with Crippen molar-refractivity contribution >= 4 is 11.3 Å². The summed E-state index contributed by atoms with van der Waals surface area (Å²) in [4.78, 5) is 4.70. The van der Waals surface area contributed by atoms with Gasteiger partial charge < -0.3 is 11.5 Å². The number of hydrogen-bond donors (Lipinski definition) is 2. The zero-order chi connectivity index (χ0) is 12.5. The van der Waals surface area contributed by atoms with Gasteiger partial charge in [0.05, 0.1) is 5.69 Å². The highest BCUT2D eigenvalue weighted by molar-refractivity contribution is 7.13. The number of rotatable bonds is 4. The van der Waals surface area contributed by atoms with Gasteiger partial charge in [0.1, 0.15) is 5.01 Å². The second kappa shape index (κ2) is 4.80. The molecular formula is C14H17N3S. The first kappa shape index (κ1) is 11.8. The summed E-state index contributed by atoms with van der Waals surface area (Å²) in [6.07, 6.45) is 2.60. The summed E-state index contributed by atoms with van der Waals surface area (Å²) >= 11 is 1.72. The molecule has 94 valence electrons. The lowest BCUT2D eigenvalue weighted by Gasteiger charge is -2.08. The molecule has 18 heavy (non-hydrogen) atoms. The van der Waals surface area contributed by atoms with Gasteiger partial charge in [0.15, 0.2) is 0 Å². The van der Waals surface area contributed by atoms with Crippen LogP contribution in [0.15, 0.2) is 29.6 Å². The van der Waals surface area contributed by atoms with Crippen molar-refractivity contribution in [2.75, 3.05) is 6.54 Å². The van der Waals surface area contributed by atoms with Gasteiger partial charge in [-0.25, -0.2) is 4.98 Å². The van der Waals surface area contributed by atoms with Gasteiger partial charge in [-0.1, -0.05) is 24.3 Å². The Balaban J connectivity index is 1.82. The van der Waals surface area contributed by atoms with Crippen LogP contribution in [0.3, 0.4) is 0 Å². The van der Waals surface area contributed by atoms with Crippen LogP contribution in [0.25, 0.3) is 10.6 Å². The van der Waals surface area contributed by atoms with Gasteiger partial charge in [-0.2, -0.15) is 0 Å². The van der Waals surface area contributed by atoms with Crippen LogP contribution in [0.1, 0.15) is 36.1 Å². The van der Waals surface area contributed by atoms with Crippen molar-refractivity contribution in [2.24, 2.45) is 11.5 Å². The van der Waals surface area contributed by atoms with Gasteiger partial charge in [-0.3, -0.25) is 0 Å². The Bertz CT molecular complexity index is 528. The van der Waals surface area contributed by atoms with Crippen molar-refractivity contribution < 1.29 is 0 Å². The zero-order valence-corrected chi connectivity index (χ0v) is 11.0. The van der Waals surface area contributed by atoms with E-state index in [1.54, 1.807) is 11.3 Å². The molecule has 1 atom stereocenters. The Hall–Kier alpha value is -1.23. The van der Waals surface area contributed by atoms with E-state index in [9.17, 15) is 0 Å². The van der Waals surface area contributed by atoms with Crippen molar-refractivity contribution in [3.05, 3.63) is 40.9 Å². The van der Waals surface area contributed by atoms with Crippen LogP contribution >= 0.6 is 11.3 Å². The molecule has 0 saturated heterocycles. The van der Waals surface area contributed by atoms with Crippen molar-refractivity contribution in [1.29, 1.82) is 0 Å². The molecule has 3 rings (SSSR count). The first-order valence-corrected chi connectivity index (χ1v) is 7.17. The van der Waals surface area contributed by atoms with Gasteiger partial charge in [-0.15, -0.1) is 11.3 Å². The molecule has 1 aromatic carbocycles. The number of benzene rings is 1. The van der Waals surface area contributed by atoms with Crippen LogP contribution in [-0.4, -0.2) is 11.5 Å². The maximum Gasteiger partial charge on any atom is 0.123 e. The molecule has 0 bridgehead atoms. The highest BCUT2D eigenvalue weighted by Crippen LogP contribution is 2.41. The maximum absolute atomic E-state index is 5.90. The minimum absolute atomic E-state index is 0.0719. The molecule has 0 spiro atoms. The molecule has 1 aliphatic carbocycles. The van der Waals surface area contributed by atoms with Crippen LogP contribution < -0.4 is 11.5 Å². The third-order valence-corrected chi connectivity index (χ3v) is 4.27. The summed E-state index contributed by atoms with van der Waals surface area (Å²) in [7, 11) is 0. The molecule has 1 heterocycles. The van der Waals surface area contributed by atoms with Crippen LogP contribution in [0, 0.1) is 0 Å². The topological polar surface area (TPSA) is 64.9 Å². The third kappa shape index (κ3) is 2.32. The van der Waals surface area contributed by atoms with Gasteiger partial charge >= 0.3 is 0 Å². The van der Waals surface area contributed by atoms with E-state index in [1.165, 1.54) is 24.1 Å². The van der Waals surface area contributed by atoms with Gasteiger partial charge in [-0.05, 0) is 18.4 Å². The molecular weight excluding hydrogens is 242 g/mol. The Kier molecular flexibility index (Phi) is 3.16. The lowest BCUT2D eigenvalue weighted by molar-refractivity contribution is 0.737. The lowest BCUT2D eigenvalue weighted by Crippen LogP contribution is -2.20. The van der Waals surface area contributed by atoms with E-state index in [4.69, 9.17) is 16.5 Å². The van der Waals surface area contributed by atoms with Gasteiger partial charge in [0.2, 0.25) is 0 Å². The summed E-state index contributed by atoms with van der Waals surface area (Å²) in [6, 6.07) is 8.19. The fraction of sp³-hybridized carbons (Fsp3) is 0.357. The second-order valence-electron chi connectivity index (χ2n) is 4.82. The summed E-state index contributed by atoms with van der Waals surface area (Å²) in [6.45, 7) is 0.475. The van der Waals surface area contributed by atoms with Crippen molar-refractivity contribution in [1.82, 2.24) is 4.98 Å². The monoisotopic (exact) mass is 259 g/mol. The predicted octanol–water partition coefficient (Wildman–Crippen LogP) is 2.65. The highest BCUT2D eigenvalue weighted by Gasteiger charge is 2.26. The lowest BCUT2D eigenvalue weighted by atomic mass is 10.1. The minimum Gasteiger partial charge on any atom is -0.329 e. The number of hydrogen-bond acceptors (Lipinski definition) is 4. The van der Waals surface area contributed by atoms with Crippen LogP contribution in [-0.2, 0) is 0 Å². The van der Waals surface area contributed by atoms with E-state index in [0.717, 1.165) is 16.5 Å². The van der Waals surface area contributed by atoms with E-state index in [2.05, 4.69) is 17.5 Å². The molecule has 1 aromatic heterocycles. The Morgan fingerprint density at radius 1 is 1.28 bits per heavy atom. The van der Waals surface area contributed by atoms with Crippen molar-refractivity contribution in [3.8, 4) is 10.6 Å². The van der Waals surface area contributed by atoms with Crippen LogP contribution in [0.4, 0.5) is 0 Å². The van der Waals surface area contributed by atoms with E-state index in [0.29, 0.717) is 6.54 Å². The average Bonchev–Trinajstić information content (AvgIpc) is 3.16. The summed E-state index contributed by atoms with van der Waals surface area (Å²) in [5.41, 5.74) is 15.0. The fourth-order valence-electron chi connectivity index (χ4n) is 1.99. The molecule has 1 fully saturated rings. The van der Waals surface area contributed by atoms with E-state index in [-0.39, 0.29) is 6.04 Å². The second-order valence-corrected chi connectivity index (χ2v) is 5.67. The molecule has 3 nitrogen and oxygen atoms in total. The molecule has 1 unspecified atom stereocenters. The first-order chi connectivity index (χ1) is 8.78. The van der Waals surface area contributed by atoms with Gasteiger partial charge in [0, 0.05) is 29.4 Å². The summed E-state index contributed by atoms with van der Waals surface area (Å²) < 4.78 is 0. The molecule has 1 aliphatic rings. The number of nitrogens with zero attached hydrogens (tertiary/aromatic N) is 1. The third-order valence-electron chi connectivity index (χ3n) is 3.36. The standard InChI is InChI=1S/C14H17N3S/c15-7-12(16)9-1-5-11(6-2-9)14-17-13(8-18-14)10-3-4-10/h1-2,5-6,8,10,12H,3-4,7,15-16H2. The molecule has 4 N–H and O–H groups in total. The molecule has 1 saturated carbocycles. The maximum atomic E-state index is 5.90. The quantitative estimate of drug-likeness (QED) is 0.887. The van der Waals surface area contributed by atoms with Crippen LogP contribution in [0.5, 0.6) is 0 Å².